The number of aliphatic imine (C=N–C) groups is 1. The van der Waals surface area contributed by atoms with Gasteiger partial charge in [-0.1, -0.05) is 30.4 Å². The van der Waals surface area contributed by atoms with Gasteiger partial charge in [0.1, 0.15) is 4.38 Å². The summed E-state index contributed by atoms with van der Waals surface area (Å²) < 4.78 is 17.7. The van der Waals surface area contributed by atoms with E-state index in [4.69, 9.17) is 13.3 Å². The molecule has 94 valence electrons. The fourth-order valence-electron chi connectivity index (χ4n) is 1.56. The van der Waals surface area contributed by atoms with Crippen molar-refractivity contribution in [3.63, 3.8) is 0 Å². The van der Waals surface area contributed by atoms with E-state index < -0.39 is 8.80 Å². The van der Waals surface area contributed by atoms with Gasteiger partial charge in [-0.15, -0.1) is 0 Å². The van der Waals surface area contributed by atoms with Crippen molar-refractivity contribution in [1.29, 1.82) is 0 Å². The maximum absolute atomic E-state index is 5.51. The molecule has 1 atom stereocenters. The van der Waals surface area contributed by atoms with E-state index in [1.54, 1.807) is 44.9 Å². The van der Waals surface area contributed by atoms with Gasteiger partial charge in [0.15, 0.2) is 0 Å². The highest BCUT2D eigenvalue weighted by molar-refractivity contribution is 8.39. The monoisotopic (exact) mass is 281 g/mol. The van der Waals surface area contributed by atoms with Crippen molar-refractivity contribution in [3.05, 3.63) is 0 Å². The fourth-order valence-corrected chi connectivity index (χ4v) is 7.37. The quantitative estimate of drug-likeness (QED) is 0.697. The molecule has 1 heterocycles. The van der Waals surface area contributed by atoms with Crippen LogP contribution in [0.4, 0.5) is 0 Å². The minimum atomic E-state index is -2.55. The van der Waals surface area contributed by atoms with Gasteiger partial charge in [0.25, 0.3) is 0 Å². The van der Waals surface area contributed by atoms with E-state index in [0.29, 0.717) is 0 Å². The van der Waals surface area contributed by atoms with Crippen LogP contribution in [0.25, 0.3) is 0 Å². The lowest BCUT2D eigenvalue weighted by molar-refractivity contribution is 0.121. The van der Waals surface area contributed by atoms with Crippen LogP contribution in [0.5, 0.6) is 0 Å². The first-order valence-electron chi connectivity index (χ1n) is 5.21. The second-order valence-corrected chi connectivity index (χ2v) is 9.31. The molecule has 0 N–H and O–H groups in total. The number of hydrogen-bond acceptors (Lipinski definition) is 6. The molecule has 0 aliphatic carbocycles. The summed E-state index contributed by atoms with van der Waals surface area (Å²) in [6.07, 6.45) is 0.950. The average molecular weight is 281 g/mol. The van der Waals surface area contributed by atoms with Crippen LogP contribution >= 0.6 is 23.5 Å². The van der Waals surface area contributed by atoms with Crippen molar-refractivity contribution in [2.24, 2.45) is 4.99 Å². The predicted octanol–water partition coefficient (Wildman–Crippen LogP) is 2.02. The third kappa shape index (κ3) is 3.24. The molecule has 0 aromatic heterocycles. The Labute approximate surface area is 107 Å². The summed E-state index contributed by atoms with van der Waals surface area (Å²) >= 11 is 3.53. The SMILES string of the molecule is CCC(SC1=NCCS1)[Si](OC)(OC)OC. The van der Waals surface area contributed by atoms with Gasteiger partial charge in [0.05, 0.1) is 11.4 Å². The lowest BCUT2D eigenvalue weighted by atomic mass is 10.6. The number of hydrogen-bond donors (Lipinski definition) is 0. The molecule has 0 amide bonds. The normalized spacial score (nSPS) is 18.6. The summed E-state index contributed by atoms with van der Waals surface area (Å²) in [4.78, 5) is 4.66. The molecule has 0 bridgehead atoms. The van der Waals surface area contributed by atoms with E-state index in [1.807, 2.05) is 0 Å². The Morgan fingerprint density at radius 3 is 2.38 bits per heavy atom. The summed E-state index contributed by atoms with van der Waals surface area (Å²) in [5.41, 5.74) is 0. The third-order valence-corrected chi connectivity index (χ3v) is 8.90. The maximum atomic E-state index is 5.51. The van der Waals surface area contributed by atoms with Gasteiger partial charge in [-0.3, -0.25) is 4.99 Å². The predicted molar refractivity (Wildman–Crippen MR) is 73.2 cm³/mol. The zero-order valence-corrected chi connectivity index (χ0v) is 12.8. The Morgan fingerprint density at radius 2 is 2.00 bits per heavy atom. The third-order valence-electron chi connectivity index (χ3n) is 2.42. The van der Waals surface area contributed by atoms with Crippen LogP contribution in [-0.4, -0.2) is 51.7 Å². The van der Waals surface area contributed by atoms with Crippen molar-refractivity contribution in [3.8, 4) is 0 Å². The van der Waals surface area contributed by atoms with Crippen molar-refractivity contribution < 1.29 is 13.3 Å². The summed E-state index contributed by atoms with van der Waals surface area (Å²) in [5.74, 6) is 1.08. The van der Waals surface area contributed by atoms with E-state index in [9.17, 15) is 0 Å². The van der Waals surface area contributed by atoms with Crippen LogP contribution in [0.2, 0.25) is 0 Å². The molecule has 16 heavy (non-hydrogen) atoms. The molecule has 1 unspecified atom stereocenters. The van der Waals surface area contributed by atoms with E-state index in [1.165, 1.54) is 0 Å². The lowest BCUT2D eigenvalue weighted by Crippen LogP contribution is -2.53. The molecule has 0 fully saturated rings. The van der Waals surface area contributed by atoms with Gasteiger partial charge in [-0.25, -0.2) is 0 Å². The Morgan fingerprint density at radius 1 is 1.38 bits per heavy atom. The second kappa shape index (κ2) is 7.02. The highest BCUT2D eigenvalue weighted by atomic mass is 32.2. The molecule has 0 saturated carbocycles. The Kier molecular flexibility index (Phi) is 6.38. The smallest absolute Gasteiger partial charge is 0.376 e. The minimum absolute atomic E-state index is 0.219. The van der Waals surface area contributed by atoms with E-state index in [2.05, 4.69) is 11.9 Å². The molecule has 1 aliphatic rings. The molecule has 0 aromatic rings. The molecule has 0 aromatic carbocycles. The first kappa shape index (κ1) is 14.5. The van der Waals surface area contributed by atoms with Gasteiger partial charge < -0.3 is 13.3 Å². The Bertz CT molecular complexity index is 241. The summed E-state index contributed by atoms with van der Waals surface area (Å²) in [6.45, 7) is 3.04. The molecule has 7 heteroatoms. The molecular formula is C9H19NO3S2Si. The first-order valence-corrected chi connectivity index (χ1v) is 8.88. The van der Waals surface area contributed by atoms with Gasteiger partial charge in [0, 0.05) is 27.1 Å². The van der Waals surface area contributed by atoms with E-state index in [-0.39, 0.29) is 4.87 Å². The number of thioether (sulfide) groups is 2. The summed E-state index contributed by atoms with van der Waals surface area (Å²) in [6, 6.07) is 0. The van der Waals surface area contributed by atoms with Crippen LogP contribution < -0.4 is 0 Å². The molecule has 0 saturated heterocycles. The summed E-state index contributed by atoms with van der Waals surface area (Å²) in [7, 11) is 2.43. The van der Waals surface area contributed by atoms with Crippen LogP contribution in [-0.2, 0) is 13.3 Å². The van der Waals surface area contributed by atoms with Crippen LogP contribution in [0, 0.1) is 0 Å². The van der Waals surface area contributed by atoms with Gasteiger partial charge >= 0.3 is 8.80 Å². The van der Waals surface area contributed by atoms with Gasteiger partial charge in [-0.2, -0.15) is 0 Å². The Balaban J connectivity index is 2.69. The zero-order chi connectivity index (χ0) is 12.0. The standard InChI is InChI=1S/C9H19NO3S2Si/c1-5-8(15-9-10-6-7-14-9)16(11-2,12-3)13-4/h8H,5-7H2,1-4H3. The minimum Gasteiger partial charge on any atom is -0.376 e. The molecule has 0 spiro atoms. The maximum Gasteiger partial charge on any atom is 0.514 e. The summed E-state index contributed by atoms with van der Waals surface area (Å²) in [5, 5.41) is 0. The largest absolute Gasteiger partial charge is 0.514 e. The first-order chi connectivity index (χ1) is 7.72. The molecule has 1 rings (SSSR count). The number of rotatable bonds is 6. The Hall–Kier alpha value is 0.467. The highest BCUT2D eigenvalue weighted by Gasteiger charge is 2.47. The van der Waals surface area contributed by atoms with Crippen molar-refractivity contribution in [1.82, 2.24) is 0 Å². The fraction of sp³-hybridized carbons (Fsp3) is 0.889. The molecule has 0 radical (unpaired) electrons. The molecule has 1 aliphatic heterocycles. The van der Waals surface area contributed by atoms with Crippen molar-refractivity contribution in [2.75, 3.05) is 33.6 Å². The van der Waals surface area contributed by atoms with E-state index >= 15 is 0 Å². The van der Waals surface area contributed by atoms with Crippen LogP contribution in [0.15, 0.2) is 4.99 Å². The van der Waals surface area contributed by atoms with E-state index in [0.717, 1.165) is 23.1 Å². The van der Waals surface area contributed by atoms with Crippen LogP contribution in [0.3, 0.4) is 0 Å². The van der Waals surface area contributed by atoms with Crippen molar-refractivity contribution >= 4 is 36.7 Å². The average Bonchev–Trinajstić information content (AvgIpc) is 2.83. The molecule has 4 nitrogen and oxygen atoms in total. The number of nitrogens with zero attached hydrogens (tertiary/aromatic N) is 1. The van der Waals surface area contributed by atoms with Gasteiger partial charge in [-0.05, 0) is 6.42 Å². The van der Waals surface area contributed by atoms with Gasteiger partial charge in [0.2, 0.25) is 0 Å². The zero-order valence-electron chi connectivity index (χ0n) is 10.2. The molecular weight excluding hydrogens is 262 g/mol. The second-order valence-electron chi connectivity index (χ2n) is 3.23. The van der Waals surface area contributed by atoms with Crippen LogP contribution in [0.1, 0.15) is 13.3 Å². The lowest BCUT2D eigenvalue weighted by Gasteiger charge is -2.31. The topological polar surface area (TPSA) is 40.0 Å². The van der Waals surface area contributed by atoms with Crippen molar-refractivity contribution in [2.45, 2.75) is 18.2 Å². The highest BCUT2D eigenvalue weighted by Crippen LogP contribution is 2.33.